The number of fused-ring (bicyclic) bond motifs is 1. The predicted molar refractivity (Wildman–Crippen MR) is 103 cm³/mol. The van der Waals surface area contributed by atoms with E-state index in [1.165, 1.54) is 32.4 Å². The quantitative estimate of drug-likeness (QED) is 0.731. The van der Waals surface area contributed by atoms with Gasteiger partial charge in [0.25, 0.3) is 0 Å². The van der Waals surface area contributed by atoms with Crippen molar-refractivity contribution in [2.24, 2.45) is 5.92 Å². The number of Topliss-reactive ketones (excluding diaryl/α,β-unsaturated/α-hetero) is 2. The first kappa shape index (κ1) is 19.1. The predicted octanol–water partition coefficient (Wildman–Crippen LogP) is 4.27. The average molecular weight is 357 g/mol. The van der Waals surface area contributed by atoms with Gasteiger partial charge >= 0.3 is 0 Å². The molecule has 2 aliphatic heterocycles. The fourth-order valence-corrected chi connectivity index (χ4v) is 4.39. The van der Waals surface area contributed by atoms with E-state index in [-0.39, 0.29) is 17.5 Å². The van der Waals surface area contributed by atoms with Gasteiger partial charge in [0.15, 0.2) is 5.78 Å². The van der Waals surface area contributed by atoms with Crippen LogP contribution >= 0.6 is 0 Å². The molecule has 0 radical (unpaired) electrons. The van der Waals surface area contributed by atoms with Crippen LogP contribution in [-0.4, -0.2) is 41.7 Å². The van der Waals surface area contributed by atoms with Gasteiger partial charge < -0.3 is 14.4 Å². The molecule has 2 heterocycles. The molecule has 0 bridgehead atoms. The van der Waals surface area contributed by atoms with Gasteiger partial charge in [0.2, 0.25) is 0 Å². The van der Waals surface area contributed by atoms with Crippen LogP contribution in [0.3, 0.4) is 0 Å². The smallest absolute Gasteiger partial charge is 0.173 e. The molecule has 1 aromatic rings. The number of carbonyl (C=O) groups is 2. The van der Waals surface area contributed by atoms with Crippen LogP contribution in [0.1, 0.15) is 69.2 Å². The van der Waals surface area contributed by atoms with Crippen molar-refractivity contribution in [2.75, 3.05) is 19.6 Å². The Morgan fingerprint density at radius 1 is 1.23 bits per heavy atom. The number of nitrogens with zero attached hydrogens (tertiary/aromatic N) is 1. The van der Waals surface area contributed by atoms with Crippen molar-refractivity contribution >= 4 is 11.6 Å². The summed E-state index contributed by atoms with van der Waals surface area (Å²) in [6, 6.07) is 7.51. The van der Waals surface area contributed by atoms with E-state index >= 15 is 0 Å². The van der Waals surface area contributed by atoms with E-state index in [2.05, 4.69) is 11.8 Å². The van der Waals surface area contributed by atoms with Crippen LogP contribution in [0.25, 0.3) is 0 Å². The number of benzene rings is 1. The van der Waals surface area contributed by atoms with Crippen LogP contribution in [0.15, 0.2) is 24.3 Å². The van der Waals surface area contributed by atoms with Crippen molar-refractivity contribution in [3.63, 3.8) is 0 Å². The molecule has 0 aliphatic carbocycles. The van der Waals surface area contributed by atoms with Gasteiger partial charge in [0, 0.05) is 6.42 Å². The molecule has 2 atom stereocenters. The molecule has 142 valence electrons. The number of carbonyl (C=O) groups excluding carboxylic acids is 2. The summed E-state index contributed by atoms with van der Waals surface area (Å²) in [5.74, 6) is 0.709. The fourth-order valence-electron chi connectivity index (χ4n) is 4.39. The second-order valence-corrected chi connectivity index (χ2v) is 8.07. The lowest BCUT2D eigenvalue weighted by Gasteiger charge is -2.42. The van der Waals surface area contributed by atoms with E-state index in [0.717, 1.165) is 19.4 Å². The van der Waals surface area contributed by atoms with Crippen molar-refractivity contribution < 1.29 is 14.3 Å². The van der Waals surface area contributed by atoms with Gasteiger partial charge in [-0.2, -0.15) is 0 Å². The topological polar surface area (TPSA) is 46.6 Å². The summed E-state index contributed by atoms with van der Waals surface area (Å²) in [6.45, 7) is 7.09. The fraction of sp³-hybridized carbons (Fsp3) is 0.636. The number of hydrogen-bond acceptors (Lipinski definition) is 4. The number of ketones is 2. The van der Waals surface area contributed by atoms with Gasteiger partial charge in [-0.1, -0.05) is 18.6 Å². The molecule has 0 N–H and O–H groups in total. The minimum absolute atomic E-state index is 0.132. The van der Waals surface area contributed by atoms with Crippen LogP contribution in [0.2, 0.25) is 0 Å². The third-order valence-electron chi connectivity index (χ3n) is 5.93. The van der Waals surface area contributed by atoms with E-state index in [0.29, 0.717) is 24.2 Å². The Morgan fingerprint density at radius 2 is 1.96 bits per heavy atom. The number of likely N-dealkylation sites (tertiary alicyclic amines) is 1. The molecule has 26 heavy (non-hydrogen) atoms. The highest BCUT2D eigenvalue weighted by molar-refractivity contribution is 6.02. The summed E-state index contributed by atoms with van der Waals surface area (Å²) in [4.78, 5) is 27.1. The molecular formula is C22H31NO3. The van der Waals surface area contributed by atoms with Gasteiger partial charge in [-0.25, -0.2) is 0 Å². The summed E-state index contributed by atoms with van der Waals surface area (Å²) in [6.07, 6.45) is 6.79. The van der Waals surface area contributed by atoms with E-state index in [1.54, 1.807) is 6.92 Å². The Balaban J connectivity index is 1.72. The highest BCUT2D eigenvalue weighted by Gasteiger charge is 2.45. The summed E-state index contributed by atoms with van der Waals surface area (Å²) in [5, 5.41) is 0. The lowest BCUT2D eigenvalue weighted by molar-refractivity contribution is -0.117. The molecule has 1 fully saturated rings. The Bertz CT molecular complexity index is 651. The van der Waals surface area contributed by atoms with Crippen LogP contribution < -0.4 is 4.74 Å². The van der Waals surface area contributed by atoms with Crippen molar-refractivity contribution in [2.45, 2.75) is 64.4 Å². The lowest BCUT2D eigenvalue weighted by Crippen LogP contribution is -2.49. The molecule has 1 aromatic carbocycles. The van der Waals surface area contributed by atoms with Crippen LogP contribution in [0.4, 0.5) is 0 Å². The molecule has 0 saturated carbocycles. The molecule has 0 aromatic heterocycles. The third-order valence-corrected chi connectivity index (χ3v) is 5.93. The highest BCUT2D eigenvalue weighted by atomic mass is 16.5. The Hall–Kier alpha value is -1.68. The number of piperidine rings is 1. The minimum Gasteiger partial charge on any atom is -0.486 e. The number of rotatable bonds is 7. The zero-order chi connectivity index (χ0) is 18.6. The summed E-state index contributed by atoms with van der Waals surface area (Å²) < 4.78 is 6.37. The van der Waals surface area contributed by atoms with Crippen LogP contribution in [0, 0.1) is 5.92 Å². The summed E-state index contributed by atoms with van der Waals surface area (Å²) >= 11 is 0. The van der Waals surface area contributed by atoms with Crippen molar-refractivity contribution in [1.29, 1.82) is 0 Å². The Labute approximate surface area is 156 Å². The van der Waals surface area contributed by atoms with E-state index in [4.69, 9.17) is 4.74 Å². The molecule has 2 unspecified atom stereocenters. The molecule has 4 heteroatoms. The van der Waals surface area contributed by atoms with E-state index in [9.17, 15) is 9.59 Å². The third kappa shape index (κ3) is 4.35. The highest BCUT2D eigenvalue weighted by Crippen LogP contribution is 2.41. The standard InChI is InChI=1S/C22H31NO3/c1-17(24)11-12-19-21(25)18-9-4-5-10-20(18)26-22(19,2)13-8-16-23-14-6-3-7-15-23/h4-5,9-10,19H,3,6-8,11-16H2,1-2H3. The molecule has 0 amide bonds. The largest absolute Gasteiger partial charge is 0.486 e. The van der Waals surface area contributed by atoms with Crippen molar-refractivity contribution in [3.8, 4) is 5.75 Å². The van der Waals surface area contributed by atoms with Crippen LogP contribution in [0.5, 0.6) is 5.75 Å². The second-order valence-electron chi connectivity index (χ2n) is 8.07. The van der Waals surface area contributed by atoms with E-state index < -0.39 is 5.60 Å². The summed E-state index contributed by atoms with van der Waals surface area (Å²) in [5.41, 5.74) is 0.131. The summed E-state index contributed by atoms with van der Waals surface area (Å²) in [7, 11) is 0. The Kier molecular flexibility index (Phi) is 6.13. The van der Waals surface area contributed by atoms with Crippen molar-refractivity contribution in [3.05, 3.63) is 29.8 Å². The van der Waals surface area contributed by atoms with Gasteiger partial charge in [-0.3, -0.25) is 4.79 Å². The zero-order valence-electron chi connectivity index (χ0n) is 16.1. The molecule has 3 rings (SSSR count). The Morgan fingerprint density at radius 3 is 2.69 bits per heavy atom. The van der Waals surface area contributed by atoms with E-state index in [1.807, 2.05) is 24.3 Å². The maximum absolute atomic E-state index is 13.1. The number of ether oxygens (including phenoxy) is 1. The van der Waals surface area contributed by atoms with Gasteiger partial charge in [0.1, 0.15) is 17.1 Å². The molecular weight excluding hydrogens is 326 g/mol. The first-order valence-corrected chi connectivity index (χ1v) is 10.0. The molecule has 4 nitrogen and oxygen atoms in total. The number of hydrogen-bond donors (Lipinski definition) is 0. The monoisotopic (exact) mass is 357 g/mol. The first-order chi connectivity index (χ1) is 12.5. The second kappa shape index (κ2) is 8.34. The maximum Gasteiger partial charge on any atom is 0.173 e. The minimum atomic E-state index is -0.531. The lowest BCUT2D eigenvalue weighted by atomic mass is 9.75. The SMILES string of the molecule is CC(=O)CCC1C(=O)c2ccccc2OC1(C)CCCN1CCCCC1. The van der Waals surface area contributed by atoms with Gasteiger partial charge in [-0.05, 0) is 77.7 Å². The first-order valence-electron chi connectivity index (χ1n) is 10.0. The number of para-hydroxylation sites is 1. The molecule has 0 spiro atoms. The normalized spacial score (nSPS) is 26.2. The average Bonchev–Trinajstić information content (AvgIpc) is 2.62. The van der Waals surface area contributed by atoms with Crippen LogP contribution in [-0.2, 0) is 4.79 Å². The maximum atomic E-state index is 13.1. The molecule has 1 saturated heterocycles. The van der Waals surface area contributed by atoms with Gasteiger partial charge in [-0.15, -0.1) is 0 Å². The van der Waals surface area contributed by atoms with Gasteiger partial charge in [0.05, 0.1) is 11.5 Å². The zero-order valence-corrected chi connectivity index (χ0v) is 16.1. The molecule has 2 aliphatic rings. The van der Waals surface area contributed by atoms with Crippen molar-refractivity contribution in [1.82, 2.24) is 4.90 Å².